The van der Waals surface area contributed by atoms with Crippen molar-refractivity contribution in [2.75, 3.05) is 7.11 Å². The van der Waals surface area contributed by atoms with E-state index < -0.39 is 8.32 Å². The first kappa shape index (κ1) is 21.7. The van der Waals surface area contributed by atoms with Crippen LogP contribution in [0.2, 0.25) is 18.1 Å². The van der Waals surface area contributed by atoms with Gasteiger partial charge in [0, 0.05) is 6.42 Å². The molecule has 0 fully saturated rings. The highest BCUT2D eigenvalue weighted by molar-refractivity contribution is 6.74. The molecule has 0 saturated heterocycles. The molecular formula is C21H34O3Si. The molecule has 1 rings (SSSR count). The number of hydrogen-bond donors (Lipinski definition) is 0. The van der Waals surface area contributed by atoms with Gasteiger partial charge in [-0.2, -0.15) is 0 Å². The Labute approximate surface area is 154 Å². The van der Waals surface area contributed by atoms with Gasteiger partial charge in [0.1, 0.15) is 5.75 Å². The van der Waals surface area contributed by atoms with Gasteiger partial charge < -0.3 is 13.9 Å². The molecule has 0 heterocycles. The van der Waals surface area contributed by atoms with Crippen LogP contribution >= 0.6 is 0 Å². The fraction of sp³-hybridized carbons (Fsp3) is 0.571. The monoisotopic (exact) mass is 362 g/mol. The van der Waals surface area contributed by atoms with E-state index in [1.807, 2.05) is 30.3 Å². The largest absolute Gasteiger partial charge is 0.497 e. The zero-order chi connectivity index (χ0) is 19.1. The van der Waals surface area contributed by atoms with Crippen molar-refractivity contribution in [1.29, 1.82) is 0 Å². The van der Waals surface area contributed by atoms with Crippen LogP contribution in [-0.4, -0.2) is 27.6 Å². The Morgan fingerprint density at radius 2 is 1.80 bits per heavy atom. The maximum atomic E-state index is 6.59. The van der Waals surface area contributed by atoms with Gasteiger partial charge in [0.25, 0.3) is 0 Å². The fourth-order valence-corrected chi connectivity index (χ4v) is 3.55. The topological polar surface area (TPSA) is 27.7 Å². The van der Waals surface area contributed by atoms with E-state index in [9.17, 15) is 0 Å². The maximum Gasteiger partial charge on any atom is 0.192 e. The Balaban J connectivity index is 2.75. The molecular weight excluding hydrogens is 328 g/mol. The lowest BCUT2D eigenvalue weighted by atomic mass is 10.1. The van der Waals surface area contributed by atoms with Gasteiger partial charge >= 0.3 is 0 Å². The molecule has 0 amide bonds. The van der Waals surface area contributed by atoms with Gasteiger partial charge in [-0.3, -0.25) is 0 Å². The molecule has 4 heteroatoms. The highest BCUT2D eigenvalue weighted by Gasteiger charge is 2.40. The van der Waals surface area contributed by atoms with Crippen molar-refractivity contribution in [3.05, 3.63) is 48.2 Å². The average Bonchev–Trinajstić information content (AvgIpc) is 2.55. The van der Waals surface area contributed by atoms with Crippen LogP contribution in [0.3, 0.4) is 0 Å². The van der Waals surface area contributed by atoms with E-state index in [0.29, 0.717) is 6.61 Å². The number of rotatable bonds is 9. The number of hydrogen-bond acceptors (Lipinski definition) is 3. The molecule has 0 N–H and O–H groups in total. The number of ether oxygens (including phenoxy) is 2. The van der Waals surface area contributed by atoms with Crippen LogP contribution in [0.4, 0.5) is 0 Å². The third-order valence-corrected chi connectivity index (χ3v) is 9.45. The Hall–Kier alpha value is -1.32. The van der Waals surface area contributed by atoms with Crippen molar-refractivity contribution >= 4 is 8.32 Å². The molecule has 1 aromatic rings. The lowest BCUT2D eigenvalue weighted by molar-refractivity contribution is -0.0276. The molecule has 0 unspecified atom stereocenters. The lowest BCUT2D eigenvalue weighted by Gasteiger charge is -2.40. The van der Waals surface area contributed by atoms with Gasteiger partial charge in [0.15, 0.2) is 8.32 Å². The molecule has 0 aliphatic heterocycles. The van der Waals surface area contributed by atoms with Crippen LogP contribution in [0.15, 0.2) is 42.7 Å². The van der Waals surface area contributed by atoms with Crippen molar-refractivity contribution in [2.45, 2.75) is 71.1 Å². The first-order valence-electron chi connectivity index (χ1n) is 8.87. The summed E-state index contributed by atoms with van der Waals surface area (Å²) >= 11 is 0. The number of benzene rings is 1. The van der Waals surface area contributed by atoms with Gasteiger partial charge in [0.05, 0.1) is 25.9 Å². The molecule has 0 saturated carbocycles. The molecule has 0 aliphatic rings. The average molecular weight is 363 g/mol. The first-order valence-corrected chi connectivity index (χ1v) is 11.8. The SMILES string of the molecule is C=C=CC[C@H](O[Si](C)(C)C(C)(C)C)[C@@H](C)OCc1ccc(OC)cc1. The van der Waals surface area contributed by atoms with Crippen LogP contribution in [0.1, 0.15) is 39.7 Å². The normalized spacial score (nSPS) is 14.5. The minimum atomic E-state index is -1.87. The third-order valence-electron chi connectivity index (χ3n) is 4.94. The van der Waals surface area contributed by atoms with Crippen LogP contribution in [0.5, 0.6) is 5.75 Å². The molecule has 140 valence electrons. The van der Waals surface area contributed by atoms with Crippen LogP contribution in [-0.2, 0) is 15.8 Å². The fourth-order valence-electron chi connectivity index (χ4n) is 2.15. The van der Waals surface area contributed by atoms with E-state index in [1.165, 1.54) is 0 Å². The highest BCUT2D eigenvalue weighted by Crippen LogP contribution is 2.38. The minimum Gasteiger partial charge on any atom is -0.497 e. The molecule has 1 aromatic carbocycles. The van der Waals surface area contributed by atoms with Crippen LogP contribution < -0.4 is 4.74 Å². The van der Waals surface area contributed by atoms with Gasteiger partial charge in [-0.05, 0) is 48.8 Å². The van der Waals surface area contributed by atoms with Crippen molar-refractivity contribution in [2.24, 2.45) is 0 Å². The molecule has 0 radical (unpaired) electrons. The third kappa shape index (κ3) is 6.83. The molecule has 0 aliphatic carbocycles. The molecule has 3 nitrogen and oxygen atoms in total. The zero-order valence-electron chi connectivity index (χ0n) is 16.9. The Bertz CT molecular complexity index is 566. The summed E-state index contributed by atoms with van der Waals surface area (Å²) in [5.41, 5.74) is 3.98. The predicted molar refractivity (Wildman–Crippen MR) is 108 cm³/mol. The molecule has 0 spiro atoms. The van der Waals surface area contributed by atoms with Gasteiger partial charge in [-0.15, -0.1) is 5.73 Å². The smallest absolute Gasteiger partial charge is 0.192 e. The maximum absolute atomic E-state index is 6.59. The van der Waals surface area contributed by atoms with Crippen molar-refractivity contribution in [3.63, 3.8) is 0 Å². The van der Waals surface area contributed by atoms with E-state index in [1.54, 1.807) is 7.11 Å². The quantitative estimate of drug-likeness (QED) is 0.415. The minimum absolute atomic E-state index is 0.00777. The second-order valence-corrected chi connectivity index (χ2v) is 12.7. The van der Waals surface area contributed by atoms with E-state index >= 15 is 0 Å². The summed E-state index contributed by atoms with van der Waals surface area (Å²) in [6, 6.07) is 7.96. The summed E-state index contributed by atoms with van der Waals surface area (Å²) < 4.78 is 17.9. The predicted octanol–water partition coefficient (Wildman–Crippen LogP) is 5.72. The highest BCUT2D eigenvalue weighted by atomic mass is 28.4. The van der Waals surface area contributed by atoms with E-state index in [4.69, 9.17) is 13.9 Å². The molecule has 0 bridgehead atoms. The van der Waals surface area contributed by atoms with E-state index in [0.717, 1.165) is 17.7 Å². The van der Waals surface area contributed by atoms with E-state index in [-0.39, 0.29) is 17.2 Å². The van der Waals surface area contributed by atoms with Crippen molar-refractivity contribution in [3.8, 4) is 5.75 Å². The summed E-state index contributed by atoms with van der Waals surface area (Å²) in [5.74, 6) is 0.854. The second kappa shape index (κ2) is 9.40. The summed E-state index contributed by atoms with van der Waals surface area (Å²) in [4.78, 5) is 0. The van der Waals surface area contributed by atoms with Crippen molar-refractivity contribution in [1.82, 2.24) is 0 Å². The summed E-state index contributed by atoms with van der Waals surface area (Å²) in [5, 5.41) is 0.166. The number of methoxy groups -OCH3 is 1. The summed E-state index contributed by atoms with van der Waals surface area (Å²) in [6.45, 7) is 17.6. The zero-order valence-corrected chi connectivity index (χ0v) is 17.9. The Kier molecular flexibility index (Phi) is 8.16. The lowest BCUT2D eigenvalue weighted by Crippen LogP contribution is -2.46. The van der Waals surface area contributed by atoms with Crippen molar-refractivity contribution < 1.29 is 13.9 Å². The Morgan fingerprint density at radius 3 is 2.28 bits per heavy atom. The molecule has 2 atom stereocenters. The van der Waals surface area contributed by atoms with E-state index in [2.05, 4.69) is 53.1 Å². The van der Waals surface area contributed by atoms with Crippen LogP contribution in [0, 0.1) is 0 Å². The summed E-state index contributed by atoms with van der Waals surface area (Å²) in [6.07, 6.45) is 2.69. The van der Waals surface area contributed by atoms with Crippen LogP contribution in [0.25, 0.3) is 0 Å². The van der Waals surface area contributed by atoms with Gasteiger partial charge in [-0.1, -0.05) is 39.5 Å². The first-order chi connectivity index (χ1) is 11.6. The van der Waals surface area contributed by atoms with Gasteiger partial charge in [0.2, 0.25) is 0 Å². The summed E-state index contributed by atoms with van der Waals surface area (Å²) in [7, 11) is -0.196. The standard InChI is InChI=1S/C21H34O3Si/c1-9-10-11-20(24-25(7,8)21(3,4)5)17(2)23-16-18-12-14-19(22-6)15-13-18/h10,12-15,17,20H,1,11,16H2,2-8H3/t17-,20+/m1/s1. The molecule has 0 aromatic heterocycles. The Morgan fingerprint density at radius 1 is 1.20 bits per heavy atom. The molecule has 25 heavy (non-hydrogen) atoms. The second-order valence-electron chi connectivity index (χ2n) is 7.92. The van der Waals surface area contributed by atoms with Gasteiger partial charge in [-0.25, -0.2) is 0 Å².